The molecule has 140 valence electrons. The van der Waals surface area contributed by atoms with E-state index in [4.69, 9.17) is 0 Å². The van der Waals surface area contributed by atoms with Gasteiger partial charge in [0.2, 0.25) is 5.91 Å². The number of piperidine rings is 1. The second-order valence-corrected chi connectivity index (χ2v) is 6.62. The lowest BCUT2D eigenvalue weighted by molar-refractivity contribution is -0.384. The van der Waals surface area contributed by atoms with Crippen molar-refractivity contribution in [2.45, 2.75) is 19.4 Å². The van der Waals surface area contributed by atoms with E-state index in [2.05, 4.69) is 15.4 Å². The first-order valence-electron chi connectivity index (χ1n) is 8.95. The van der Waals surface area contributed by atoms with Gasteiger partial charge in [-0.2, -0.15) is 5.10 Å². The average Bonchev–Trinajstić information content (AvgIpc) is 2.70. The Morgan fingerprint density at radius 1 is 1.15 bits per heavy atom. The van der Waals surface area contributed by atoms with Crippen molar-refractivity contribution in [1.29, 1.82) is 0 Å². The number of likely N-dealkylation sites (tertiary alicyclic amines) is 1. The molecule has 1 N–H and O–H groups in total. The van der Waals surface area contributed by atoms with E-state index >= 15 is 0 Å². The van der Waals surface area contributed by atoms with Crippen LogP contribution in [0.25, 0.3) is 0 Å². The molecule has 0 spiro atoms. The molecule has 1 aliphatic heterocycles. The van der Waals surface area contributed by atoms with E-state index in [0.717, 1.165) is 43.6 Å². The molecule has 1 fully saturated rings. The molecular formula is C20H22N4O3. The molecule has 3 rings (SSSR count). The van der Waals surface area contributed by atoms with Gasteiger partial charge in [-0.25, -0.2) is 5.43 Å². The molecule has 2 aromatic rings. The lowest BCUT2D eigenvalue weighted by atomic mass is 9.96. The number of nitrogens with zero attached hydrogens (tertiary/aromatic N) is 3. The number of carbonyl (C=O) groups is 1. The summed E-state index contributed by atoms with van der Waals surface area (Å²) in [6.45, 7) is 2.37. The molecule has 2 aromatic carbocycles. The van der Waals surface area contributed by atoms with E-state index in [9.17, 15) is 14.9 Å². The molecule has 1 aliphatic rings. The van der Waals surface area contributed by atoms with Crippen molar-refractivity contribution in [3.63, 3.8) is 0 Å². The summed E-state index contributed by atoms with van der Waals surface area (Å²) in [5.41, 5.74) is 4.71. The quantitative estimate of drug-likeness (QED) is 0.484. The van der Waals surface area contributed by atoms with Crippen molar-refractivity contribution in [2.75, 3.05) is 13.1 Å². The minimum atomic E-state index is -0.395. The first-order chi connectivity index (χ1) is 13.1. The minimum absolute atomic E-state index is 0.0361. The van der Waals surface area contributed by atoms with Crippen LogP contribution >= 0.6 is 0 Å². The highest BCUT2D eigenvalue weighted by Crippen LogP contribution is 2.20. The van der Waals surface area contributed by atoms with Gasteiger partial charge in [0, 0.05) is 24.6 Å². The van der Waals surface area contributed by atoms with Gasteiger partial charge in [-0.05, 0) is 37.1 Å². The molecule has 1 amide bonds. The molecule has 0 saturated carbocycles. The summed E-state index contributed by atoms with van der Waals surface area (Å²) in [5.74, 6) is -0.0804. The standard InChI is InChI=1S/C20H22N4O3/c25-20(22-21-14-16-4-2-1-3-5-16)18-10-12-23(13-11-18)15-17-6-8-19(9-7-17)24(26)27/h1-9,14,18H,10-13,15H2,(H,22,25)/b21-14+. The second kappa shape index (κ2) is 9.05. The number of carbonyl (C=O) groups excluding carboxylic acids is 1. The highest BCUT2D eigenvalue weighted by molar-refractivity contribution is 5.83. The fourth-order valence-corrected chi connectivity index (χ4v) is 3.14. The predicted octanol–water partition coefficient (Wildman–Crippen LogP) is 2.96. The third kappa shape index (κ3) is 5.46. The Morgan fingerprint density at radius 2 is 1.81 bits per heavy atom. The molecule has 7 heteroatoms. The zero-order valence-corrected chi connectivity index (χ0v) is 15.0. The number of amides is 1. The fraction of sp³-hybridized carbons (Fsp3) is 0.300. The number of rotatable bonds is 6. The van der Waals surface area contributed by atoms with Gasteiger partial charge in [0.1, 0.15) is 0 Å². The van der Waals surface area contributed by atoms with Gasteiger partial charge in [0.15, 0.2) is 0 Å². The van der Waals surface area contributed by atoms with Crippen LogP contribution in [0.2, 0.25) is 0 Å². The summed E-state index contributed by atoms with van der Waals surface area (Å²) in [6, 6.07) is 16.2. The molecule has 0 radical (unpaired) electrons. The lowest BCUT2D eigenvalue weighted by Gasteiger charge is -2.30. The number of hydrazone groups is 1. The van der Waals surface area contributed by atoms with Gasteiger partial charge < -0.3 is 0 Å². The Bertz CT molecular complexity index is 798. The molecule has 0 unspecified atom stereocenters. The number of benzene rings is 2. The van der Waals surface area contributed by atoms with Crippen molar-refractivity contribution in [2.24, 2.45) is 11.0 Å². The highest BCUT2D eigenvalue weighted by Gasteiger charge is 2.24. The van der Waals surface area contributed by atoms with E-state index in [1.807, 2.05) is 30.3 Å². The smallest absolute Gasteiger partial charge is 0.269 e. The summed E-state index contributed by atoms with van der Waals surface area (Å²) in [4.78, 5) is 24.8. The van der Waals surface area contributed by atoms with Crippen molar-refractivity contribution in [1.82, 2.24) is 10.3 Å². The summed E-state index contributed by atoms with van der Waals surface area (Å²) in [6.07, 6.45) is 3.20. The normalized spacial score (nSPS) is 15.7. The Labute approximate surface area is 157 Å². The van der Waals surface area contributed by atoms with E-state index in [1.54, 1.807) is 18.3 Å². The zero-order chi connectivity index (χ0) is 19.1. The maximum absolute atomic E-state index is 12.2. The maximum atomic E-state index is 12.2. The highest BCUT2D eigenvalue weighted by atomic mass is 16.6. The Hall–Kier alpha value is -3.06. The Kier molecular flexibility index (Phi) is 6.27. The van der Waals surface area contributed by atoms with Crippen molar-refractivity contribution in [3.05, 3.63) is 75.8 Å². The van der Waals surface area contributed by atoms with E-state index in [0.29, 0.717) is 0 Å². The number of nitrogens with one attached hydrogen (secondary N) is 1. The molecule has 0 aliphatic carbocycles. The van der Waals surface area contributed by atoms with Crippen LogP contribution in [0.4, 0.5) is 5.69 Å². The summed E-state index contributed by atoms with van der Waals surface area (Å²) in [7, 11) is 0. The summed E-state index contributed by atoms with van der Waals surface area (Å²) >= 11 is 0. The van der Waals surface area contributed by atoms with Gasteiger partial charge in [-0.15, -0.1) is 0 Å². The fourth-order valence-electron chi connectivity index (χ4n) is 3.14. The summed E-state index contributed by atoms with van der Waals surface area (Å²) in [5, 5.41) is 14.7. The molecule has 1 saturated heterocycles. The monoisotopic (exact) mass is 366 g/mol. The first-order valence-corrected chi connectivity index (χ1v) is 8.95. The second-order valence-electron chi connectivity index (χ2n) is 6.62. The maximum Gasteiger partial charge on any atom is 0.269 e. The number of nitro benzene ring substituents is 1. The Morgan fingerprint density at radius 3 is 2.44 bits per heavy atom. The van der Waals surface area contributed by atoms with Gasteiger partial charge in [-0.1, -0.05) is 42.5 Å². The predicted molar refractivity (Wildman–Crippen MR) is 103 cm³/mol. The van der Waals surface area contributed by atoms with Gasteiger partial charge in [0.25, 0.3) is 5.69 Å². The SMILES string of the molecule is O=C(N/N=C/c1ccccc1)C1CCN(Cc2ccc([N+](=O)[O-])cc2)CC1. The topological polar surface area (TPSA) is 87.8 Å². The molecule has 27 heavy (non-hydrogen) atoms. The minimum Gasteiger partial charge on any atom is -0.299 e. The molecule has 7 nitrogen and oxygen atoms in total. The third-order valence-corrected chi connectivity index (χ3v) is 4.70. The third-order valence-electron chi connectivity index (χ3n) is 4.70. The number of nitro groups is 1. The molecule has 0 aromatic heterocycles. The number of hydrogen-bond donors (Lipinski definition) is 1. The molecule has 1 heterocycles. The Balaban J connectivity index is 1.43. The van der Waals surface area contributed by atoms with Crippen LogP contribution in [0.1, 0.15) is 24.0 Å². The van der Waals surface area contributed by atoms with Gasteiger partial charge in [-0.3, -0.25) is 19.8 Å². The van der Waals surface area contributed by atoms with Gasteiger partial charge >= 0.3 is 0 Å². The number of hydrogen-bond acceptors (Lipinski definition) is 5. The van der Waals surface area contributed by atoms with Crippen LogP contribution in [-0.2, 0) is 11.3 Å². The zero-order valence-electron chi connectivity index (χ0n) is 15.0. The van der Waals surface area contributed by atoms with E-state index < -0.39 is 4.92 Å². The van der Waals surface area contributed by atoms with Crippen LogP contribution in [0.5, 0.6) is 0 Å². The van der Waals surface area contributed by atoms with Crippen molar-refractivity contribution in [3.8, 4) is 0 Å². The summed E-state index contributed by atoms with van der Waals surface area (Å²) < 4.78 is 0. The molecule has 0 bridgehead atoms. The van der Waals surface area contributed by atoms with Crippen LogP contribution in [-0.4, -0.2) is 35.0 Å². The lowest BCUT2D eigenvalue weighted by Crippen LogP contribution is -2.39. The molecular weight excluding hydrogens is 344 g/mol. The van der Waals surface area contributed by atoms with Gasteiger partial charge in [0.05, 0.1) is 11.1 Å². The largest absolute Gasteiger partial charge is 0.299 e. The van der Waals surface area contributed by atoms with E-state index in [-0.39, 0.29) is 17.5 Å². The molecule has 0 atom stereocenters. The van der Waals surface area contributed by atoms with Crippen molar-refractivity contribution >= 4 is 17.8 Å². The van der Waals surface area contributed by atoms with Crippen LogP contribution in [0.3, 0.4) is 0 Å². The first kappa shape index (κ1) is 18.7. The van der Waals surface area contributed by atoms with Crippen LogP contribution in [0, 0.1) is 16.0 Å². The van der Waals surface area contributed by atoms with Crippen LogP contribution in [0.15, 0.2) is 59.7 Å². The van der Waals surface area contributed by atoms with E-state index in [1.165, 1.54) is 12.1 Å². The van der Waals surface area contributed by atoms with Crippen molar-refractivity contribution < 1.29 is 9.72 Å². The average molecular weight is 366 g/mol. The van der Waals surface area contributed by atoms with Crippen LogP contribution < -0.4 is 5.43 Å². The number of non-ortho nitro benzene ring substituents is 1.